The van der Waals surface area contributed by atoms with Gasteiger partial charge in [-0.05, 0) is 79.0 Å². The quantitative estimate of drug-likeness (QED) is 0.857. The lowest BCUT2D eigenvalue weighted by Crippen LogP contribution is -2.52. The number of hydrogen-bond donors (Lipinski definition) is 1. The van der Waals surface area contributed by atoms with Gasteiger partial charge in [0, 0.05) is 11.8 Å². The molecule has 0 unspecified atom stereocenters. The molecule has 5 atom stereocenters. The van der Waals surface area contributed by atoms with Crippen LogP contribution in [0, 0.1) is 16.7 Å². The molecule has 128 valence electrons. The number of aryl methyl sites for hydroxylation is 1. The number of aliphatic hydroxyl groups is 1. The van der Waals surface area contributed by atoms with Crippen molar-refractivity contribution in [1.29, 1.82) is 0 Å². The lowest BCUT2D eigenvalue weighted by Gasteiger charge is -2.56. The molecule has 24 heavy (non-hydrogen) atoms. The number of ketones is 1. The van der Waals surface area contributed by atoms with E-state index < -0.39 is 5.60 Å². The summed E-state index contributed by atoms with van der Waals surface area (Å²) >= 11 is 0. The molecule has 0 aromatic heterocycles. The normalized spacial score (nSPS) is 45.5. The van der Waals surface area contributed by atoms with E-state index in [4.69, 9.17) is 4.74 Å². The van der Waals surface area contributed by atoms with Gasteiger partial charge in [0.15, 0.2) is 5.78 Å². The number of rotatable bonds is 1. The molecule has 2 bridgehead atoms. The topological polar surface area (TPSA) is 46.5 Å². The summed E-state index contributed by atoms with van der Waals surface area (Å²) in [6.45, 7) is 2.21. The van der Waals surface area contributed by atoms with Gasteiger partial charge in [-0.15, -0.1) is 0 Å². The molecule has 0 aliphatic heterocycles. The Balaban J connectivity index is 1.61. The minimum absolute atomic E-state index is 0.0272. The maximum atomic E-state index is 12.7. The van der Waals surface area contributed by atoms with Gasteiger partial charge in [-0.2, -0.15) is 0 Å². The third-order valence-corrected chi connectivity index (χ3v) is 8.51. The Bertz CT molecular complexity index is 741. The molecular weight excluding hydrogens is 300 g/mol. The largest absolute Gasteiger partial charge is 0.497 e. The van der Waals surface area contributed by atoms with Gasteiger partial charge in [0.2, 0.25) is 0 Å². The second-order valence-electron chi connectivity index (χ2n) is 8.80. The fourth-order valence-electron chi connectivity index (χ4n) is 7.19. The third-order valence-electron chi connectivity index (χ3n) is 8.51. The summed E-state index contributed by atoms with van der Waals surface area (Å²) in [5, 5.41) is 11.1. The minimum atomic E-state index is -1.04. The molecule has 5 rings (SSSR count). The molecule has 1 N–H and O–H groups in total. The molecule has 0 radical (unpaired) electrons. The lowest BCUT2D eigenvalue weighted by atomic mass is 9.48. The highest BCUT2D eigenvalue weighted by atomic mass is 16.5. The molecule has 3 fully saturated rings. The first-order valence-electron chi connectivity index (χ1n) is 9.38. The molecule has 1 aromatic rings. The van der Waals surface area contributed by atoms with Crippen molar-refractivity contribution in [3.8, 4) is 5.75 Å². The number of fused-ring (bicyclic) bond motifs is 3. The van der Waals surface area contributed by atoms with Crippen LogP contribution in [0.2, 0.25) is 0 Å². The number of hydrogen-bond acceptors (Lipinski definition) is 3. The first-order chi connectivity index (χ1) is 11.5. The third kappa shape index (κ3) is 1.43. The Morgan fingerprint density at radius 1 is 1.21 bits per heavy atom. The Labute approximate surface area is 143 Å². The summed E-state index contributed by atoms with van der Waals surface area (Å²) < 4.78 is 5.40. The predicted molar refractivity (Wildman–Crippen MR) is 91.1 cm³/mol. The van der Waals surface area contributed by atoms with Crippen LogP contribution in [0.5, 0.6) is 5.75 Å². The van der Waals surface area contributed by atoms with Crippen LogP contribution >= 0.6 is 0 Å². The molecule has 3 heteroatoms. The van der Waals surface area contributed by atoms with Crippen LogP contribution in [-0.4, -0.2) is 23.6 Å². The van der Waals surface area contributed by atoms with E-state index in [9.17, 15) is 9.90 Å². The highest BCUT2D eigenvalue weighted by Crippen LogP contribution is 2.76. The summed E-state index contributed by atoms with van der Waals surface area (Å²) in [6, 6.07) is 6.53. The lowest BCUT2D eigenvalue weighted by molar-refractivity contribution is -0.144. The second kappa shape index (κ2) is 4.43. The van der Waals surface area contributed by atoms with Crippen LogP contribution in [0.1, 0.15) is 62.5 Å². The summed E-state index contributed by atoms with van der Waals surface area (Å²) in [4.78, 5) is 12.7. The minimum Gasteiger partial charge on any atom is -0.497 e. The average Bonchev–Trinajstić information content (AvgIpc) is 2.93. The number of carbonyl (C=O) groups is 1. The van der Waals surface area contributed by atoms with Crippen molar-refractivity contribution in [3.05, 3.63) is 29.3 Å². The Morgan fingerprint density at radius 2 is 2.04 bits per heavy atom. The Kier molecular flexibility index (Phi) is 2.76. The van der Waals surface area contributed by atoms with Crippen molar-refractivity contribution < 1.29 is 14.6 Å². The van der Waals surface area contributed by atoms with Gasteiger partial charge < -0.3 is 9.84 Å². The summed E-state index contributed by atoms with van der Waals surface area (Å²) in [6.07, 6.45) is 6.59. The van der Waals surface area contributed by atoms with Crippen LogP contribution in [0.4, 0.5) is 0 Å². The molecule has 3 nitrogen and oxygen atoms in total. The monoisotopic (exact) mass is 326 g/mol. The van der Waals surface area contributed by atoms with Crippen molar-refractivity contribution in [2.45, 2.75) is 63.4 Å². The van der Waals surface area contributed by atoms with Crippen molar-refractivity contribution in [2.75, 3.05) is 7.11 Å². The van der Waals surface area contributed by atoms with Crippen molar-refractivity contribution in [1.82, 2.24) is 0 Å². The zero-order chi connectivity index (χ0) is 16.7. The maximum absolute atomic E-state index is 12.7. The summed E-state index contributed by atoms with van der Waals surface area (Å²) in [5.74, 6) is 2.15. The predicted octanol–water partition coefficient (Wildman–Crippen LogP) is 3.63. The molecule has 0 saturated heterocycles. The van der Waals surface area contributed by atoms with Gasteiger partial charge in [0.1, 0.15) is 11.4 Å². The van der Waals surface area contributed by atoms with E-state index in [2.05, 4.69) is 25.1 Å². The first-order valence-corrected chi connectivity index (χ1v) is 9.38. The molecule has 1 aromatic carbocycles. The van der Waals surface area contributed by atoms with E-state index >= 15 is 0 Å². The highest BCUT2D eigenvalue weighted by Gasteiger charge is 2.76. The molecule has 0 spiro atoms. The van der Waals surface area contributed by atoms with Gasteiger partial charge >= 0.3 is 0 Å². The van der Waals surface area contributed by atoms with E-state index in [0.717, 1.165) is 37.9 Å². The molecule has 4 aliphatic rings. The van der Waals surface area contributed by atoms with Gasteiger partial charge in [0.05, 0.1) is 7.11 Å². The van der Waals surface area contributed by atoms with Crippen molar-refractivity contribution in [3.63, 3.8) is 0 Å². The number of carbonyl (C=O) groups excluding carboxylic acids is 1. The zero-order valence-electron chi connectivity index (χ0n) is 14.6. The molecule has 3 saturated carbocycles. The van der Waals surface area contributed by atoms with E-state index in [-0.39, 0.29) is 16.6 Å². The SMILES string of the molecule is COc1ccc2c(c1)CC[C@@H]1[C@@H]2CC[C@@]2(C)[C@]13CC[C@]2(O)C(=O)C3. The second-order valence-corrected chi connectivity index (χ2v) is 8.80. The highest BCUT2D eigenvalue weighted by molar-refractivity contribution is 5.93. The number of methoxy groups -OCH3 is 1. The van der Waals surface area contributed by atoms with Gasteiger partial charge in [-0.3, -0.25) is 4.79 Å². The van der Waals surface area contributed by atoms with Gasteiger partial charge in [-0.1, -0.05) is 13.0 Å². The maximum Gasteiger partial charge on any atom is 0.165 e. The van der Waals surface area contributed by atoms with E-state index in [1.807, 2.05) is 0 Å². The number of benzene rings is 1. The average molecular weight is 326 g/mol. The van der Waals surface area contributed by atoms with Gasteiger partial charge in [-0.25, -0.2) is 0 Å². The molecule has 0 amide bonds. The van der Waals surface area contributed by atoms with Gasteiger partial charge in [0.25, 0.3) is 0 Å². The van der Waals surface area contributed by atoms with E-state index in [0.29, 0.717) is 24.7 Å². The fraction of sp³-hybridized carbons (Fsp3) is 0.667. The fourth-order valence-corrected chi connectivity index (χ4v) is 7.19. The zero-order valence-corrected chi connectivity index (χ0v) is 14.6. The molecular formula is C21H26O3. The first kappa shape index (κ1) is 14.9. The van der Waals surface area contributed by atoms with Crippen LogP contribution < -0.4 is 4.74 Å². The van der Waals surface area contributed by atoms with Crippen LogP contribution in [-0.2, 0) is 11.2 Å². The smallest absolute Gasteiger partial charge is 0.165 e. The van der Waals surface area contributed by atoms with Crippen LogP contribution in [0.3, 0.4) is 0 Å². The Hall–Kier alpha value is -1.35. The standard InChI is InChI=1S/C21H26O3/c1-19-8-7-16-15-5-4-14(24-2)11-13(15)3-6-17(16)20(19)9-10-21(19,23)18(22)12-20/h4-5,11,16-17,23H,3,6-10,12H2,1-2H3/t16-,17-,19+,20+,21+/m1/s1. The van der Waals surface area contributed by atoms with Crippen LogP contribution in [0.15, 0.2) is 18.2 Å². The Morgan fingerprint density at radius 3 is 2.79 bits per heavy atom. The summed E-state index contributed by atoms with van der Waals surface area (Å²) in [7, 11) is 1.72. The van der Waals surface area contributed by atoms with E-state index in [1.54, 1.807) is 7.11 Å². The number of Topliss-reactive ketones (excluding diaryl/α,β-unsaturated/α-hetero) is 1. The summed E-state index contributed by atoms with van der Waals surface area (Å²) in [5.41, 5.74) is 1.67. The molecule has 0 heterocycles. The van der Waals surface area contributed by atoms with Crippen molar-refractivity contribution >= 4 is 5.78 Å². The van der Waals surface area contributed by atoms with Crippen LogP contribution in [0.25, 0.3) is 0 Å². The molecule has 4 aliphatic carbocycles. The number of ether oxygens (including phenoxy) is 1. The van der Waals surface area contributed by atoms with Crippen molar-refractivity contribution in [2.24, 2.45) is 16.7 Å². The van der Waals surface area contributed by atoms with E-state index in [1.165, 1.54) is 11.1 Å².